The first kappa shape index (κ1) is 10.5. The molecule has 1 rings (SSSR count). The van der Waals surface area contributed by atoms with Crippen molar-refractivity contribution in [3.05, 3.63) is 29.3 Å². The normalized spacial score (nSPS) is 10.6. The third-order valence-corrected chi connectivity index (χ3v) is 3.31. The predicted molar refractivity (Wildman–Crippen MR) is 67.6 cm³/mol. The highest BCUT2D eigenvalue weighted by Crippen LogP contribution is 2.24. The molecule has 0 radical (unpaired) electrons. The topological polar surface area (TPSA) is 3.24 Å². The molecule has 0 saturated heterocycles. The van der Waals surface area contributed by atoms with Crippen LogP contribution in [0.1, 0.15) is 25.0 Å². The van der Waals surface area contributed by atoms with Gasteiger partial charge in [0, 0.05) is 5.69 Å². The molecule has 0 saturated carbocycles. The van der Waals surface area contributed by atoms with Crippen LogP contribution in [-0.4, -0.2) is 20.8 Å². The van der Waals surface area contributed by atoms with E-state index in [9.17, 15) is 0 Å². The van der Waals surface area contributed by atoms with Crippen LogP contribution in [0.4, 0.5) is 5.69 Å². The first-order chi connectivity index (χ1) is 6.20. The van der Waals surface area contributed by atoms with Crippen molar-refractivity contribution in [3.63, 3.8) is 0 Å². The smallest absolute Gasteiger partial charge is 0.0965 e. The maximum Gasteiger partial charge on any atom is 0.0965 e. The summed E-state index contributed by atoms with van der Waals surface area (Å²) in [5.41, 5.74) is 4.57. The first-order valence-electron chi connectivity index (χ1n) is 4.98. The Balaban J connectivity index is 3.21. The molecule has 3 heteroatoms. The van der Waals surface area contributed by atoms with Crippen molar-refractivity contribution >= 4 is 26.5 Å². The number of hydrogen-bond acceptors (Lipinski definition) is 1. The zero-order chi connectivity index (χ0) is 9.84. The van der Waals surface area contributed by atoms with Crippen LogP contribution in [0.15, 0.2) is 18.2 Å². The van der Waals surface area contributed by atoms with E-state index in [1.54, 1.807) is 0 Å². The van der Waals surface area contributed by atoms with Crippen molar-refractivity contribution in [1.82, 2.24) is 0 Å². The predicted octanol–water partition coefficient (Wildman–Crippen LogP) is 0.179. The molecular formula is C10H19NSi2. The third kappa shape index (κ3) is 2.22. The summed E-state index contributed by atoms with van der Waals surface area (Å²) in [4.78, 5) is 0. The summed E-state index contributed by atoms with van der Waals surface area (Å²) in [6, 6.07) is 6.71. The van der Waals surface area contributed by atoms with Gasteiger partial charge in [-0.2, -0.15) is 0 Å². The zero-order valence-electron chi connectivity index (χ0n) is 9.09. The van der Waals surface area contributed by atoms with E-state index >= 15 is 0 Å². The molecule has 0 aliphatic rings. The molecule has 0 unspecified atom stereocenters. The lowest BCUT2D eigenvalue weighted by Crippen LogP contribution is -2.17. The maximum absolute atomic E-state index is 2.50. The lowest BCUT2D eigenvalue weighted by atomic mass is 10.0. The van der Waals surface area contributed by atoms with E-state index < -0.39 is 0 Å². The number of rotatable bonds is 3. The molecule has 0 aromatic heterocycles. The minimum absolute atomic E-state index is 1.16. The molecule has 0 heterocycles. The molecule has 72 valence electrons. The standard InChI is InChI=1S/C10H19NSi2/c1-3-8-6-5-7-9(4-2)10(8)11(12)13/h5-7H,3-4H2,1-2,12-13H3. The van der Waals surface area contributed by atoms with E-state index in [0.717, 1.165) is 33.6 Å². The van der Waals surface area contributed by atoms with Gasteiger partial charge in [0.15, 0.2) is 0 Å². The van der Waals surface area contributed by atoms with E-state index in [2.05, 4.69) is 36.3 Å². The molecule has 0 bridgehead atoms. The summed E-state index contributed by atoms with van der Waals surface area (Å²) in [6.07, 6.45) is 2.31. The molecule has 0 aliphatic carbocycles. The monoisotopic (exact) mass is 209 g/mol. The number of para-hydroxylation sites is 1. The fourth-order valence-corrected chi connectivity index (χ4v) is 2.94. The van der Waals surface area contributed by atoms with Crippen molar-refractivity contribution in [1.29, 1.82) is 0 Å². The quantitative estimate of drug-likeness (QED) is 0.642. The number of hydrogen-bond donors (Lipinski definition) is 0. The van der Waals surface area contributed by atoms with Gasteiger partial charge in [0.05, 0.1) is 20.8 Å². The fourth-order valence-electron chi connectivity index (χ4n) is 1.79. The fraction of sp³-hybridized carbons (Fsp3) is 0.400. The van der Waals surface area contributed by atoms with Gasteiger partial charge in [-0.25, -0.2) is 0 Å². The summed E-state index contributed by atoms with van der Waals surface area (Å²) in [6.45, 7) is 4.48. The van der Waals surface area contributed by atoms with E-state index in [1.165, 1.54) is 16.8 Å². The highest BCUT2D eigenvalue weighted by atomic mass is 28.2. The Bertz CT molecular complexity index is 262. The van der Waals surface area contributed by atoms with E-state index in [1.807, 2.05) is 0 Å². The van der Waals surface area contributed by atoms with Gasteiger partial charge in [-0.05, 0) is 24.0 Å². The Morgan fingerprint density at radius 2 is 1.54 bits per heavy atom. The molecule has 1 nitrogen and oxygen atoms in total. The highest BCUT2D eigenvalue weighted by molar-refractivity contribution is 6.42. The third-order valence-electron chi connectivity index (χ3n) is 2.41. The van der Waals surface area contributed by atoms with Crippen molar-refractivity contribution in [3.8, 4) is 0 Å². The second kappa shape index (κ2) is 4.62. The van der Waals surface area contributed by atoms with Crippen molar-refractivity contribution in [2.75, 3.05) is 4.23 Å². The first-order valence-corrected chi connectivity index (χ1v) is 6.77. The van der Waals surface area contributed by atoms with Crippen LogP contribution < -0.4 is 4.23 Å². The average molecular weight is 209 g/mol. The maximum atomic E-state index is 2.50. The molecule has 1 aromatic carbocycles. The van der Waals surface area contributed by atoms with Crippen LogP contribution in [0.5, 0.6) is 0 Å². The molecule has 0 fully saturated rings. The Kier molecular flexibility index (Phi) is 3.75. The number of benzene rings is 1. The summed E-state index contributed by atoms with van der Waals surface area (Å²) >= 11 is 0. The van der Waals surface area contributed by atoms with Crippen LogP contribution in [0.25, 0.3) is 0 Å². The lowest BCUT2D eigenvalue weighted by Gasteiger charge is -2.21. The van der Waals surface area contributed by atoms with Gasteiger partial charge >= 0.3 is 0 Å². The molecule has 0 atom stereocenters. The largest absolute Gasteiger partial charge is 0.439 e. The lowest BCUT2D eigenvalue weighted by molar-refractivity contribution is 1.08. The van der Waals surface area contributed by atoms with Crippen molar-refractivity contribution in [2.24, 2.45) is 0 Å². The number of anilines is 1. The minimum atomic E-state index is 1.16. The molecule has 0 aliphatic heterocycles. The molecule has 0 amide bonds. The van der Waals surface area contributed by atoms with Gasteiger partial charge in [-0.15, -0.1) is 0 Å². The Hall–Kier alpha value is -0.546. The summed E-state index contributed by atoms with van der Waals surface area (Å²) in [7, 11) is 2.32. The summed E-state index contributed by atoms with van der Waals surface area (Å²) in [5.74, 6) is 0. The summed E-state index contributed by atoms with van der Waals surface area (Å²) in [5, 5.41) is 0. The van der Waals surface area contributed by atoms with Gasteiger partial charge in [-0.1, -0.05) is 32.0 Å². The van der Waals surface area contributed by atoms with Crippen LogP contribution in [0, 0.1) is 0 Å². The molecule has 1 aromatic rings. The number of aryl methyl sites for hydroxylation is 2. The molecule has 13 heavy (non-hydrogen) atoms. The van der Waals surface area contributed by atoms with Gasteiger partial charge in [0.2, 0.25) is 0 Å². The minimum Gasteiger partial charge on any atom is -0.439 e. The van der Waals surface area contributed by atoms with Gasteiger partial charge < -0.3 is 4.23 Å². The summed E-state index contributed by atoms with van der Waals surface area (Å²) < 4.78 is 2.50. The van der Waals surface area contributed by atoms with E-state index in [4.69, 9.17) is 0 Å². The SMILES string of the molecule is CCc1cccc(CC)c1N([SiH3])[SiH3]. The van der Waals surface area contributed by atoms with E-state index in [-0.39, 0.29) is 0 Å². The van der Waals surface area contributed by atoms with Crippen LogP contribution >= 0.6 is 0 Å². The Morgan fingerprint density at radius 1 is 1.08 bits per heavy atom. The van der Waals surface area contributed by atoms with Crippen LogP contribution in [0.2, 0.25) is 0 Å². The highest BCUT2D eigenvalue weighted by Gasteiger charge is 2.06. The van der Waals surface area contributed by atoms with E-state index in [0.29, 0.717) is 0 Å². The second-order valence-electron chi connectivity index (χ2n) is 3.53. The number of nitrogens with zero attached hydrogens (tertiary/aromatic N) is 1. The van der Waals surface area contributed by atoms with Crippen LogP contribution in [0.3, 0.4) is 0 Å². The van der Waals surface area contributed by atoms with Gasteiger partial charge in [0.1, 0.15) is 0 Å². The average Bonchev–Trinajstić information content (AvgIpc) is 2.16. The van der Waals surface area contributed by atoms with Gasteiger partial charge in [-0.3, -0.25) is 0 Å². The molecule has 0 N–H and O–H groups in total. The molecule has 0 spiro atoms. The molecular weight excluding hydrogens is 190 g/mol. The Morgan fingerprint density at radius 3 is 1.85 bits per heavy atom. The van der Waals surface area contributed by atoms with Crippen molar-refractivity contribution < 1.29 is 0 Å². The Labute approximate surface area is 87.2 Å². The van der Waals surface area contributed by atoms with Crippen LogP contribution in [-0.2, 0) is 12.8 Å². The van der Waals surface area contributed by atoms with Gasteiger partial charge in [0.25, 0.3) is 0 Å². The zero-order valence-corrected chi connectivity index (χ0v) is 13.1. The second-order valence-corrected chi connectivity index (χ2v) is 8.00. The van der Waals surface area contributed by atoms with Crippen molar-refractivity contribution in [2.45, 2.75) is 26.7 Å².